The number of aromatic nitrogens is 3. The lowest BCUT2D eigenvalue weighted by Gasteiger charge is -2.05. The molecule has 0 radical (unpaired) electrons. The Morgan fingerprint density at radius 1 is 1.12 bits per heavy atom. The first-order valence-electron chi connectivity index (χ1n) is 7.73. The third-order valence-electron chi connectivity index (χ3n) is 3.44. The number of hydrogen-bond acceptors (Lipinski definition) is 4. The van der Waals surface area contributed by atoms with Gasteiger partial charge < -0.3 is 5.32 Å². The van der Waals surface area contributed by atoms with Gasteiger partial charge in [0.15, 0.2) is 5.65 Å². The highest BCUT2D eigenvalue weighted by atomic mass is 32.2. The van der Waals surface area contributed by atoms with Crippen molar-refractivity contribution in [3.63, 3.8) is 0 Å². The molecule has 0 unspecified atom stereocenters. The average Bonchev–Trinajstić information content (AvgIpc) is 2.92. The molecule has 1 aromatic carbocycles. The molecule has 0 fully saturated rings. The summed E-state index contributed by atoms with van der Waals surface area (Å²) in [6, 6.07) is 15.4. The van der Waals surface area contributed by atoms with Gasteiger partial charge in [-0.3, -0.25) is 9.20 Å². The zero-order valence-electron chi connectivity index (χ0n) is 13.1. The molecule has 0 aliphatic rings. The molecule has 24 heavy (non-hydrogen) atoms. The van der Waals surface area contributed by atoms with Crippen molar-refractivity contribution in [3.8, 4) is 0 Å². The van der Waals surface area contributed by atoms with Gasteiger partial charge in [0, 0.05) is 17.6 Å². The van der Waals surface area contributed by atoms with Gasteiger partial charge in [-0.05, 0) is 36.4 Å². The second-order valence-electron chi connectivity index (χ2n) is 5.23. The molecule has 0 atom stereocenters. The maximum atomic E-state index is 12.1. The van der Waals surface area contributed by atoms with E-state index in [0.717, 1.165) is 12.2 Å². The van der Waals surface area contributed by atoms with E-state index in [9.17, 15) is 9.59 Å². The minimum atomic E-state index is -0.305. The third kappa shape index (κ3) is 4.05. The fraction of sp³-hybridized carbons (Fsp3) is 0.235. The maximum Gasteiger partial charge on any atom is 0.350 e. The van der Waals surface area contributed by atoms with E-state index < -0.39 is 0 Å². The van der Waals surface area contributed by atoms with Gasteiger partial charge in [0.25, 0.3) is 0 Å². The number of pyridine rings is 1. The Kier molecular flexibility index (Phi) is 5.32. The zero-order valence-corrected chi connectivity index (χ0v) is 13.9. The van der Waals surface area contributed by atoms with Crippen molar-refractivity contribution >= 4 is 23.3 Å². The molecular formula is C17H18N4O2S. The highest BCUT2D eigenvalue weighted by Crippen LogP contribution is 2.17. The van der Waals surface area contributed by atoms with Crippen LogP contribution in [0.25, 0.3) is 5.65 Å². The summed E-state index contributed by atoms with van der Waals surface area (Å²) in [7, 11) is 0. The summed E-state index contributed by atoms with van der Waals surface area (Å²) in [5.74, 6) is 0.726. The number of carbonyl (C=O) groups is 1. The molecule has 0 aliphatic heterocycles. The van der Waals surface area contributed by atoms with Crippen molar-refractivity contribution in [1.29, 1.82) is 0 Å². The lowest BCUT2D eigenvalue weighted by Crippen LogP contribution is -2.33. The summed E-state index contributed by atoms with van der Waals surface area (Å²) in [5.41, 5.74) is 0.231. The van der Waals surface area contributed by atoms with Crippen LogP contribution in [-0.4, -0.2) is 32.4 Å². The molecule has 1 amide bonds. The van der Waals surface area contributed by atoms with Crippen LogP contribution < -0.4 is 11.0 Å². The summed E-state index contributed by atoms with van der Waals surface area (Å²) < 4.78 is 2.60. The van der Waals surface area contributed by atoms with Gasteiger partial charge >= 0.3 is 5.69 Å². The first-order valence-corrected chi connectivity index (χ1v) is 8.71. The van der Waals surface area contributed by atoms with E-state index in [0.29, 0.717) is 12.2 Å². The zero-order chi connectivity index (χ0) is 16.8. The molecule has 0 spiro atoms. The molecule has 0 saturated carbocycles. The van der Waals surface area contributed by atoms with Crippen LogP contribution in [-0.2, 0) is 11.3 Å². The largest absolute Gasteiger partial charge is 0.354 e. The van der Waals surface area contributed by atoms with Gasteiger partial charge in [-0.15, -0.1) is 16.9 Å². The Hall–Kier alpha value is -2.54. The van der Waals surface area contributed by atoms with Gasteiger partial charge in [0.2, 0.25) is 5.91 Å². The van der Waals surface area contributed by atoms with Crippen LogP contribution in [0.3, 0.4) is 0 Å². The van der Waals surface area contributed by atoms with Crippen LogP contribution in [0.2, 0.25) is 0 Å². The van der Waals surface area contributed by atoms with Gasteiger partial charge in [-0.25, -0.2) is 9.48 Å². The number of fused-ring (bicyclic) bond motifs is 1. The Balaban J connectivity index is 1.44. The number of nitrogens with zero attached hydrogens (tertiary/aromatic N) is 3. The number of benzene rings is 1. The van der Waals surface area contributed by atoms with Crippen molar-refractivity contribution in [2.24, 2.45) is 0 Å². The standard InChI is InChI=1S/C17H18N4O2S/c22-16(18-10-6-12-24-14-7-2-1-3-8-14)13-21-17(23)20-11-5-4-9-15(20)19-21/h1-5,7-9,11H,6,10,12-13H2,(H,18,22). The smallest absolute Gasteiger partial charge is 0.350 e. The summed E-state index contributed by atoms with van der Waals surface area (Å²) >= 11 is 1.76. The lowest BCUT2D eigenvalue weighted by molar-refractivity contribution is -0.121. The fourth-order valence-electron chi connectivity index (χ4n) is 2.27. The van der Waals surface area contributed by atoms with E-state index in [1.54, 1.807) is 36.2 Å². The minimum Gasteiger partial charge on any atom is -0.354 e. The van der Waals surface area contributed by atoms with Gasteiger partial charge in [-0.1, -0.05) is 24.3 Å². The number of thioether (sulfide) groups is 1. The third-order valence-corrected chi connectivity index (χ3v) is 4.54. The normalized spacial score (nSPS) is 10.8. The second kappa shape index (κ2) is 7.83. The summed E-state index contributed by atoms with van der Waals surface area (Å²) in [6.07, 6.45) is 2.51. The molecule has 124 valence electrons. The molecule has 6 nitrogen and oxygen atoms in total. The average molecular weight is 342 g/mol. The topological polar surface area (TPSA) is 68.4 Å². The number of rotatable bonds is 7. The van der Waals surface area contributed by atoms with E-state index in [-0.39, 0.29) is 18.1 Å². The number of carbonyl (C=O) groups excluding carboxylic acids is 1. The number of amides is 1. The van der Waals surface area contributed by atoms with Crippen LogP contribution >= 0.6 is 11.8 Å². The molecule has 0 aliphatic carbocycles. The van der Waals surface area contributed by atoms with Crippen LogP contribution in [0.15, 0.2) is 64.4 Å². The second-order valence-corrected chi connectivity index (χ2v) is 6.40. The van der Waals surface area contributed by atoms with Crippen molar-refractivity contribution < 1.29 is 4.79 Å². The van der Waals surface area contributed by atoms with Crippen LogP contribution in [0, 0.1) is 0 Å². The Morgan fingerprint density at radius 2 is 1.92 bits per heavy atom. The fourth-order valence-corrected chi connectivity index (χ4v) is 3.14. The van der Waals surface area contributed by atoms with E-state index in [1.165, 1.54) is 14.0 Å². The molecule has 0 bridgehead atoms. The molecule has 1 N–H and O–H groups in total. The van der Waals surface area contributed by atoms with E-state index in [4.69, 9.17) is 0 Å². The Morgan fingerprint density at radius 3 is 2.71 bits per heavy atom. The quantitative estimate of drug-likeness (QED) is 0.525. The Labute approximate surface area is 143 Å². The van der Waals surface area contributed by atoms with Crippen molar-refractivity contribution in [3.05, 3.63) is 65.2 Å². The van der Waals surface area contributed by atoms with E-state index >= 15 is 0 Å². The summed E-state index contributed by atoms with van der Waals surface area (Å²) in [4.78, 5) is 25.2. The van der Waals surface area contributed by atoms with E-state index in [2.05, 4.69) is 22.5 Å². The summed E-state index contributed by atoms with van der Waals surface area (Å²) in [5, 5.41) is 6.97. The molecule has 7 heteroatoms. The predicted molar refractivity (Wildman–Crippen MR) is 94.2 cm³/mol. The molecule has 0 saturated heterocycles. The highest BCUT2D eigenvalue weighted by Gasteiger charge is 2.09. The summed E-state index contributed by atoms with van der Waals surface area (Å²) in [6.45, 7) is 0.521. The maximum absolute atomic E-state index is 12.1. The predicted octanol–water partition coefficient (Wildman–Crippen LogP) is 1.79. The minimum absolute atomic E-state index is 0.0632. The lowest BCUT2D eigenvalue weighted by atomic mass is 10.4. The van der Waals surface area contributed by atoms with Gasteiger partial charge in [0.1, 0.15) is 6.54 Å². The first kappa shape index (κ1) is 16.3. The van der Waals surface area contributed by atoms with Crippen LogP contribution in [0.5, 0.6) is 0 Å². The number of hydrogen-bond donors (Lipinski definition) is 1. The van der Waals surface area contributed by atoms with Crippen molar-refractivity contribution in [2.75, 3.05) is 12.3 Å². The molecule has 2 heterocycles. The molecule has 3 rings (SSSR count). The van der Waals surface area contributed by atoms with Crippen molar-refractivity contribution in [2.45, 2.75) is 17.9 Å². The van der Waals surface area contributed by atoms with Gasteiger partial charge in [-0.2, -0.15) is 0 Å². The van der Waals surface area contributed by atoms with Gasteiger partial charge in [0.05, 0.1) is 0 Å². The monoisotopic (exact) mass is 342 g/mol. The number of nitrogens with one attached hydrogen (secondary N) is 1. The van der Waals surface area contributed by atoms with Crippen LogP contribution in [0.1, 0.15) is 6.42 Å². The molecule has 2 aromatic heterocycles. The van der Waals surface area contributed by atoms with E-state index in [1.807, 2.05) is 18.2 Å². The SMILES string of the molecule is O=C(Cn1nc2ccccn2c1=O)NCCCSc1ccccc1. The van der Waals surface area contributed by atoms with Crippen LogP contribution in [0.4, 0.5) is 0 Å². The Bertz CT molecular complexity index is 873. The van der Waals surface area contributed by atoms with Crippen molar-refractivity contribution in [1.82, 2.24) is 19.5 Å². The highest BCUT2D eigenvalue weighted by molar-refractivity contribution is 7.99. The first-order chi connectivity index (χ1) is 11.7. The molecular weight excluding hydrogens is 324 g/mol. The molecule has 3 aromatic rings.